The maximum atomic E-state index is 13.4. The van der Waals surface area contributed by atoms with Gasteiger partial charge in [-0.05, 0) is 38.6 Å². The van der Waals surface area contributed by atoms with Crippen molar-refractivity contribution in [3.63, 3.8) is 0 Å². The van der Waals surface area contributed by atoms with E-state index in [4.69, 9.17) is 0 Å². The van der Waals surface area contributed by atoms with Gasteiger partial charge in [-0.3, -0.25) is 0 Å². The SMILES string of the molecule is CNCCCCN(C)c1cc(F)ccc1F. The number of nitrogens with zero attached hydrogens (tertiary/aromatic N) is 1. The summed E-state index contributed by atoms with van der Waals surface area (Å²) in [6.45, 7) is 1.67. The van der Waals surface area contributed by atoms with Gasteiger partial charge in [0.2, 0.25) is 0 Å². The number of rotatable bonds is 6. The lowest BCUT2D eigenvalue weighted by atomic mass is 10.2. The molecule has 0 aliphatic heterocycles. The second kappa shape index (κ2) is 6.43. The Morgan fingerprint density at radius 3 is 2.69 bits per heavy atom. The molecular formula is C12H18F2N2. The van der Waals surface area contributed by atoms with E-state index in [1.807, 2.05) is 7.05 Å². The number of halogens is 2. The molecule has 0 bridgehead atoms. The van der Waals surface area contributed by atoms with E-state index >= 15 is 0 Å². The van der Waals surface area contributed by atoms with Crippen molar-refractivity contribution in [2.45, 2.75) is 12.8 Å². The average Bonchev–Trinajstić information content (AvgIpc) is 2.27. The molecule has 0 heterocycles. The first kappa shape index (κ1) is 12.9. The maximum Gasteiger partial charge on any atom is 0.146 e. The Morgan fingerprint density at radius 2 is 2.00 bits per heavy atom. The molecule has 0 unspecified atom stereocenters. The third kappa shape index (κ3) is 3.77. The summed E-state index contributed by atoms with van der Waals surface area (Å²) in [5.74, 6) is -0.781. The lowest BCUT2D eigenvalue weighted by Crippen LogP contribution is -2.21. The summed E-state index contributed by atoms with van der Waals surface area (Å²) in [6, 6.07) is 3.52. The highest BCUT2D eigenvalue weighted by Crippen LogP contribution is 2.19. The molecule has 0 aromatic heterocycles. The lowest BCUT2D eigenvalue weighted by molar-refractivity contribution is 0.592. The number of anilines is 1. The van der Waals surface area contributed by atoms with Crippen LogP contribution in [0.3, 0.4) is 0 Å². The minimum Gasteiger partial charge on any atom is -0.372 e. The fraction of sp³-hybridized carbons (Fsp3) is 0.500. The van der Waals surface area contributed by atoms with E-state index in [0.29, 0.717) is 5.69 Å². The van der Waals surface area contributed by atoms with Gasteiger partial charge in [-0.1, -0.05) is 0 Å². The standard InChI is InChI=1S/C12H18F2N2/c1-15-7-3-4-8-16(2)12-9-10(13)5-6-11(12)14/h5-6,9,15H,3-4,7-8H2,1-2H3. The van der Waals surface area contributed by atoms with Crippen molar-refractivity contribution in [1.29, 1.82) is 0 Å². The molecule has 0 fully saturated rings. The van der Waals surface area contributed by atoms with E-state index in [2.05, 4.69) is 5.32 Å². The number of unbranched alkanes of at least 4 members (excludes halogenated alkanes) is 1. The highest BCUT2D eigenvalue weighted by molar-refractivity contribution is 5.47. The molecule has 0 spiro atoms. The Labute approximate surface area is 95.3 Å². The lowest BCUT2D eigenvalue weighted by Gasteiger charge is -2.19. The van der Waals surface area contributed by atoms with Crippen LogP contribution in [0.25, 0.3) is 0 Å². The van der Waals surface area contributed by atoms with Gasteiger partial charge in [-0.2, -0.15) is 0 Å². The Kier molecular flexibility index (Phi) is 5.19. The largest absolute Gasteiger partial charge is 0.372 e. The van der Waals surface area contributed by atoms with Gasteiger partial charge >= 0.3 is 0 Å². The predicted molar refractivity (Wildman–Crippen MR) is 62.8 cm³/mol. The van der Waals surface area contributed by atoms with Crippen molar-refractivity contribution < 1.29 is 8.78 Å². The maximum absolute atomic E-state index is 13.4. The van der Waals surface area contributed by atoms with E-state index in [1.54, 1.807) is 11.9 Å². The van der Waals surface area contributed by atoms with Crippen molar-refractivity contribution in [3.05, 3.63) is 29.8 Å². The first-order chi connectivity index (χ1) is 7.65. The zero-order chi connectivity index (χ0) is 12.0. The third-order valence-electron chi connectivity index (χ3n) is 2.49. The van der Waals surface area contributed by atoms with E-state index in [9.17, 15) is 8.78 Å². The zero-order valence-electron chi connectivity index (χ0n) is 9.76. The summed E-state index contributed by atoms with van der Waals surface area (Å²) < 4.78 is 26.3. The summed E-state index contributed by atoms with van der Waals surface area (Å²) in [4.78, 5) is 1.74. The van der Waals surface area contributed by atoms with E-state index in [-0.39, 0.29) is 5.82 Å². The molecule has 0 radical (unpaired) electrons. The van der Waals surface area contributed by atoms with E-state index in [1.165, 1.54) is 6.07 Å². The van der Waals surface area contributed by atoms with E-state index in [0.717, 1.165) is 38.1 Å². The van der Waals surface area contributed by atoms with Crippen LogP contribution in [0, 0.1) is 11.6 Å². The summed E-state index contributed by atoms with van der Waals surface area (Å²) in [6.07, 6.45) is 1.98. The summed E-state index contributed by atoms with van der Waals surface area (Å²) in [5.41, 5.74) is 0.324. The molecule has 16 heavy (non-hydrogen) atoms. The quantitative estimate of drug-likeness (QED) is 0.752. The van der Waals surface area contributed by atoms with Gasteiger partial charge in [-0.25, -0.2) is 8.78 Å². The molecule has 1 aromatic rings. The Balaban J connectivity index is 2.51. The first-order valence-corrected chi connectivity index (χ1v) is 5.46. The Morgan fingerprint density at radius 1 is 1.25 bits per heavy atom. The van der Waals surface area contributed by atoms with Crippen LogP contribution in [0.4, 0.5) is 14.5 Å². The van der Waals surface area contributed by atoms with Crippen molar-refractivity contribution in [2.24, 2.45) is 0 Å². The normalized spacial score (nSPS) is 10.5. The van der Waals surface area contributed by atoms with Crippen LogP contribution >= 0.6 is 0 Å². The number of benzene rings is 1. The van der Waals surface area contributed by atoms with Crippen LogP contribution in [0.5, 0.6) is 0 Å². The topological polar surface area (TPSA) is 15.3 Å². The molecule has 0 atom stereocenters. The third-order valence-corrected chi connectivity index (χ3v) is 2.49. The molecule has 0 aliphatic rings. The molecule has 4 heteroatoms. The Hall–Kier alpha value is -1.16. The molecule has 0 aliphatic carbocycles. The molecule has 90 valence electrons. The summed E-state index contributed by atoms with van der Waals surface area (Å²) in [5, 5.41) is 3.05. The van der Waals surface area contributed by atoms with Gasteiger partial charge in [0.15, 0.2) is 0 Å². The molecule has 0 saturated heterocycles. The molecule has 1 rings (SSSR count). The van der Waals surface area contributed by atoms with Gasteiger partial charge in [0.05, 0.1) is 5.69 Å². The molecular weight excluding hydrogens is 210 g/mol. The molecule has 1 N–H and O–H groups in total. The van der Waals surface area contributed by atoms with Gasteiger partial charge in [0.25, 0.3) is 0 Å². The van der Waals surface area contributed by atoms with Crippen LogP contribution in [0.2, 0.25) is 0 Å². The number of hydrogen-bond acceptors (Lipinski definition) is 2. The van der Waals surface area contributed by atoms with Gasteiger partial charge in [-0.15, -0.1) is 0 Å². The minimum atomic E-state index is -0.404. The monoisotopic (exact) mass is 228 g/mol. The highest BCUT2D eigenvalue weighted by atomic mass is 19.1. The number of hydrogen-bond donors (Lipinski definition) is 1. The van der Waals surface area contributed by atoms with Gasteiger partial charge < -0.3 is 10.2 Å². The minimum absolute atomic E-state index is 0.324. The first-order valence-electron chi connectivity index (χ1n) is 5.46. The summed E-state index contributed by atoms with van der Waals surface area (Å²) >= 11 is 0. The average molecular weight is 228 g/mol. The van der Waals surface area contributed by atoms with E-state index < -0.39 is 5.82 Å². The van der Waals surface area contributed by atoms with Crippen molar-refractivity contribution >= 4 is 5.69 Å². The smallest absolute Gasteiger partial charge is 0.146 e. The fourth-order valence-corrected chi connectivity index (χ4v) is 1.55. The van der Waals surface area contributed by atoms with Crippen molar-refractivity contribution in [3.8, 4) is 0 Å². The molecule has 2 nitrogen and oxygen atoms in total. The second-order valence-corrected chi connectivity index (χ2v) is 3.83. The Bertz CT molecular complexity index is 329. The molecule has 0 amide bonds. The summed E-state index contributed by atoms with van der Waals surface area (Å²) in [7, 11) is 3.67. The number of nitrogens with one attached hydrogen (secondary N) is 1. The van der Waals surface area contributed by atoms with Crippen LogP contribution in [-0.4, -0.2) is 27.2 Å². The zero-order valence-corrected chi connectivity index (χ0v) is 9.76. The highest BCUT2D eigenvalue weighted by Gasteiger charge is 2.08. The van der Waals surface area contributed by atoms with Crippen LogP contribution in [0.15, 0.2) is 18.2 Å². The van der Waals surface area contributed by atoms with Gasteiger partial charge in [0.1, 0.15) is 11.6 Å². The molecule has 1 aromatic carbocycles. The van der Waals surface area contributed by atoms with Crippen molar-refractivity contribution in [2.75, 3.05) is 32.1 Å². The van der Waals surface area contributed by atoms with Gasteiger partial charge in [0, 0.05) is 19.7 Å². The fourth-order valence-electron chi connectivity index (χ4n) is 1.55. The van der Waals surface area contributed by atoms with Crippen LogP contribution in [-0.2, 0) is 0 Å². The van der Waals surface area contributed by atoms with Crippen LogP contribution < -0.4 is 10.2 Å². The van der Waals surface area contributed by atoms with Crippen LogP contribution in [0.1, 0.15) is 12.8 Å². The second-order valence-electron chi connectivity index (χ2n) is 3.83. The predicted octanol–water partition coefficient (Wildman–Crippen LogP) is 2.40. The van der Waals surface area contributed by atoms with Crippen molar-refractivity contribution in [1.82, 2.24) is 5.32 Å². The molecule has 0 saturated carbocycles.